The summed E-state index contributed by atoms with van der Waals surface area (Å²) in [6.45, 7) is 6.68. The van der Waals surface area contributed by atoms with Gasteiger partial charge >= 0.3 is 17.9 Å². The van der Waals surface area contributed by atoms with E-state index in [4.69, 9.17) is 14.2 Å². The molecule has 0 aromatic rings. The molecule has 0 N–H and O–H groups in total. The van der Waals surface area contributed by atoms with Crippen LogP contribution in [0.5, 0.6) is 0 Å². The molecule has 79 heavy (non-hydrogen) atoms. The molecular formula is C73H134O6. The molecule has 0 heterocycles. The van der Waals surface area contributed by atoms with Crippen LogP contribution in [0.2, 0.25) is 0 Å². The van der Waals surface area contributed by atoms with Gasteiger partial charge < -0.3 is 14.2 Å². The van der Waals surface area contributed by atoms with Crippen molar-refractivity contribution in [1.82, 2.24) is 0 Å². The fourth-order valence-corrected chi connectivity index (χ4v) is 10.5. The fraction of sp³-hybridized carbons (Fsp3) is 0.849. The van der Waals surface area contributed by atoms with Gasteiger partial charge in [0.1, 0.15) is 13.2 Å². The van der Waals surface area contributed by atoms with Crippen LogP contribution in [-0.4, -0.2) is 37.2 Å². The summed E-state index contributed by atoms with van der Waals surface area (Å²) < 4.78 is 17.0. The van der Waals surface area contributed by atoms with Gasteiger partial charge in [0.15, 0.2) is 6.10 Å². The predicted molar refractivity (Wildman–Crippen MR) is 344 cm³/mol. The first-order valence-corrected chi connectivity index (χ1v) is 35.1. The zero-order valence-electron chi connectivity index (χ0n) is 53.2. The van der Waals surface area contributed by atoms with E-state index in [1.54, 1.807) is 0 Å². The quantitative estimate of drug-likeness (QED) is 0.0261. The molecule has 1 atom stereocenters. The minimum absolute atomic E-state index is 0.0740. The molecule has 0 spiro atoms. The molecule has 0 bridgehead atoms. The van der Waals surface area contributed by atoms with Gasteiger partial charge in [-0.05, 0) is 103 Å². The van der Waals surface area contributed by atoms with Crippen LogP contribution in [0, 0.1) is 0 Å². The summed E-state index contributed by atoms with van der Waals surface area (Å²) in [4.78, 5) is 38.4. The SMILES string of the molecule is CCCCCCC/C=C\C/C=C\CCCCCCCCCCCCCC(=O)OCC(COC(=O)CCCCCCC/C=C\CCCCCCCC)OC(=O)CCCCCCCCCCCCC/C=C\CCCCCCCCCC. The summed E-state index contributed by atoms with van der Waals surface area (Å²) >= 11 is 0. The van der Waals surface area contributed by atoms with Crippen molar-refractivity contribution in [3.8, 4) is 0 Å². The molecule has 0 saturated heterocycles. The third-order valence-electron chi connectivity index (χ3n) is 15.8. The van der Waals surface area contributed by atoms with Gasteiger partial charge in [-0.3, -0.25) is 14.4 Å². The van der Waals surface area contributed by atoms with E-state index < -0.39 is 6.10 Å². The Labute approximate surface area is 492 Å². The average Bonchev–Trinajstić information content (AvgIpc) is 3.45. The number of carbonyl (C=O) groups is 3. The zero-order chi connectivity index (χ0) is 57.1. The van der Waals surface area contributed by atoms with Gasteiger partial charge in [0.05, 0.1) is 0 Å². The van der Waals surface area contributed by atoms with E-state index in [1.807, 2.05) is 0 Å². The molecule has 0 aliphatic carbocycles. The zero-order valence-corrected chi connectivity index (χ0v) is 53.2. The van der Waals surface area contributed by atoms with Crippen LogP contribution in [0.3, 0.4) is 0 Å². The lowest BCUT2D eigenvalue weighted by Gasteiger charge is -2.18. The minimum Gasteiger partial charge on any atom is -0.462 e. The number of ether oxygens (including phenoxy) is 3. The highest BCUT2D eigenvalue weighted by Gasteiger charge is 2.19. The Balaban J connectivity index is 4.31. The molecule has 0 fully saturated rings. The molecule has 0 saturated carbocycles. The Morgan fingerprint density at radius 2 is 0.456 bits per heavy atom. The molecular weight excluding hydrogens is 973 g/mol. The first-order valence-electron chi connectivity index (χ1n) is 35.1. The molecule has 0 aromatic carbocycles. The maximum absolute atomic E-state index is 13.0. The Bertz CT molecular complexity index is 1360. The third-order valence-corrected chi connectivity index (χ3v) is 15.8. The van der Waals surface area contributed by atoms with Gasteiger partial charge in [0, 0.05) is 19.3 Å². The third kappa shape index (κ3) is 66.1. The van der Waals surface area contributed by atoms with E-state index in [9.17, 15) is 14.4 Å². The van der Waals surface area contributed by atoms with E-state index in [0.717, 1.165) is 70.6 Å². The predicted octanol–water partition coefficient (Wildman–Crippen LogP) is 24.1. The summed E-state index contributed by atoms with van der Waals surface area (Å²) in [5.41, 5.74) is 0. The van der Waals surface area contributed by atoms with Crippen LogP contribution in [0.15, 0.2) is 48.6 Å². The standard InChI is InChI=1S/C73H134O6/c1-4-7-10-13-16-19-22-25-28-30-32-34-36-38-40-42-45-48-51-54-57-60-63-66-72(75)78-69-70(68-77-71(74)65-62-59-56-53-50-47-44-27-24-21-18-15-12-9-6-3)79-73(76)67-64-61-58-55-52-49-46-43-41-39-37-35-33-31-29-26-23-20-17-14-11-8-5-2/h22,25,27,30-33,44,70H,4-21,23-24,26,28-29,34-43,45-69H2,1-3H3/b25-22-,32-30-,33-31-,44-27-. The topological polar surface area (TPSA) is 78.9 Å². The van der Waals surface area contributed by atoms with Crippen molar-refractivity contribution < 1.29 is 28.6 Å². The monoisotopic (exact) mass is 1110 g/mol. The molecule has 6 heteroatoms. The second kappa shape index (κ2) is 67.9. The Kier molecular flexibility index (Phi) is 65.6. The van der Waals surface area contributed by atoms with E-state index in [0.29, 0.717) is 19.3 Å². The largest absolute Gasteiger partial charge is 0.462 e. The molecule has 0 aliphatic rings. The maximum atomic E-state index is 13.0. The fourth-order valence-electron chi connectivity index (χ4n) is 10.5. The lowest BCUT2D eigenvalue weighted by molar-refractivity contribution is -0.167. The van der Waals surface area contributed by atoms with Crippen LogP contribution in [0.1, 0.15) is 380 Å². The minimum atomic E-state index is -0.778. The number of allylic oxidation sites excluding steroid dienone is 8. The molecule has 0 aliphatic heterocycles. The van der Waals surface area contributed by atoms with Crippen molar-refractivity contribution >= 4 is 17.9 Å². The summed E-state index contributed by atoms with van der Waals surface area (Å²) in [5, 5.41) is 0. The highest BCUT2D eigenvalue weighted by atomic mass is 16.6. The number of esters is 3. The van der Waals surface area contributed by atoms with Gasteiger partial charge in [-0.15, -0.1) is 0 Å². The molecule has 0 amide bonds. The Morgan fingerprint density at radius 3 is 0.709 bits per heavy atom. The highest BCUT2D eigenvalue weighted by molar-refractivity contribution is 5.71. The van der Waals surface area contributed by atoms with Crippen LogP contribution in [0.4, 0.5) is 0 Å². The smallest absolute Gasteiger partial charge is 0.306 e. The summed E-state index contributed by atoms with van der Waals surface area (Å²) in [6.07, 6.45) is 85.6. The van der Waals surface area contributed by atoms with Crippen LogP contribution >= 0.6 is 0 Å². The van der Waals surface area contributed by atoms with Crippen molar-refractivity contribution in [2.24, 2.45) is 0 Å². The van der Waals surface area contributed by atoms with Crippen LogP contribution < -0.4 is 0 Å². The van der Waals surface area contributed by atoms with Gasteiger partial charge in [0.25, 0.3) is 0 Å². The van der Waals surface area contributed by atoms with Gasteiger partial charge in [-0.25, -0.2) is 0 Å². The molecule has 1 unspecified atom stereocenters. The van der Waals surface area contributed by atoms with Crippen molar-refractivity contribution in [1.29, 1.82) is 0 Å². The van der Waals surface area contributed by atoms with E-state index in [1.165, 1.54) is 270 Å². The molecule has 462 valence electrons. The van der Waals surface area contributed by atoms with Gasteiger partial charge in [-0.1, -0.05) is 307 Å². The van der Waals surface area contributed by atoms with E-state index in [2.05, 4.69) is 69.4 Å². The number of rotatable bonds is 65. The van der Waals surface area contributed by atoms with E-state index in [-0.39, 0.29) is 31.1 Å². The second-order valence-electron chi connectivity index (χ2n) is 23.8. The van der Waals surface area contributed by atoms with Crippen molar-refractivity contribution in [2.75, 3.05) is 13.2 Å². The molecule has 0 aromatic heterocycles. The summed E-state index contributed by atoms with van der Waals surface area (Å²) in [6, 6.07) is 0. The lowest BCUT2D eigenvalue weighted by Crippen LogP contribution is -2.30. The van der Waals surface area contributed by atoms with Crippen molar-refractivity contribution in [3.05, 3.63) is 48.6 Å². The molecule has 0 radical (unpaired) electrons. The highest BCUT2D eigenvalue weighted by Crippen LogP contribution is 2.17. The first kappa shape index (κ1) is 76.4. The number of carbonyl (C=O) groups excluding carboxylic acids is 3. The second-order valence-corrected chi connectivity index (χ2v) is 23.8. The van der Waals surface area contributed by atoms with Crippen LogP contribution in [-0.2, 0) is 28.6 Å². The van der Waals surface area contributed by atoms with Crippen molar-refractivity contribution in [2.45, 2.75) is 386 Å². The van der Waals surface area contributed by atoms with E-state index >= 15 is 0 Å². The van der Waals surface area contributed by atoms with Gasteiger partial charge in [0.2, 0.25) is 0 Å². The summed E-state index contributed by atoms with van der Waals surface area (Å²) in [5.74, 6) is -0.861. The number of unbranched alkanes of at least 4 members (excludes halogenated alkanes) is 46. The Hall–Kier alpha value is -2.63. The lowest BCUT2D eigenvalue weighted by atomic mass is 10.0. The Morgan fingerprint density at radius 1 is 0.253 bits per heavy atom. The normalized spacial score (nSPS) is 12.3. The number of hydrogen-bond acceptors (Lipinski definition) is 6. The molecule has 0 rings (SSSR count). The maximum Gasteiger partial charge on any atom is 0.306 e. The van der Waals surface area contributed by atoms with Gasteiger partial charge in [-0.2, -0.15) is 0 Å². The van der Waals surface area contributed by atoms with Crippen LogP contribution in [0.25, 0.3) is 0 Å². The molecule has 6 nitrogen and oxygen atoms in total. The number of hydrogen-bond donors (Lipinski definition) is 0. The average molecular weight is 1110 g/mol. The summed E-state index contributed by atoms with van der Waals surface area (Å²) in [7, 11) is 0. The van der Waals surface area contributed by atoms with Crippen molar-refractivity contribution in [3.63, 3.8) is 0 Å². The first-order chi connectivity index (χ1) is 39.0.